The molecule has 0 spiro atoms. The van der Waals surface area contributed by atoms with E-state index in [-0.39, 0.29) is 11.3 Å². The van der Waals surface area contributed by atoms with Crippen molar-refractivity contribution in [1.29, 1.82) is 0 Å². The van der Waals surface area contributed by atoms with E-state index in [1.165, 1.54) is 4.88 Å². The number of hydrogen-bond acceptors (Lipinski definition) is 4. The van der Waals surface area contributed by atoms with E-state index in [4.69, 9.17) is 44.5 Å². The Morgan fingerprint density at radius 2 is 1.81 bits per heavy atom. The number of carbonyl (C=O) groups is 1. The number of nitrogens with one attached hydrogen (secondary N) is 1. The van der Waals surface area contributed by atoms with Gasteiger partial charge in [-0.2, -0.15) is 0 Å². The lowest BCUT2D eigenvalue weighted by molar-refractivity contribution is 0.102. The number of fused-ring (bicyclic) bond motifs is 1. The highest BCUT2D eigenvalue weighted by molar-refractivity contribution is 9.10. The van der Waals surface area contributed by atoms with Gasteiger partial charge >= 0.3 is 0 Å². The number of carbonyl (C=O) groups excluding carboxylic acids is 1. The normalized spacial score (nSPS) is 15.1. The van der Waals surface area contributed by atoms with E-state index in [1.54, 1.807) is 53.9 Å². The second-order valence-electron chi connectivity index (χ2n) is 11.4. The van der Waals surface area contributed by atoms with Gasteiger partial charge in [0.2, 0.25) is 0 Å². The predicted octanol–water partition coefficient (Wildman–Crippen LogP) is 11.2. The molecule has 218 valence electrons. The van der Waals surface area contributed by atoms with Crippen molar-refractivity contribution < 1.29 is 9.53 Å². The SMILES string of the molecule is CC(C)(C)[C@@H]1CCc2c(sc(N=Cc3ccc(OCc4ccc(Cl)cc4Cl)c(Br)c3)c2C(=O)Nc2ccc(Cl)cc2)C1. The molecule has 9 heteroatoms. The summed E-state index contributed by atoms with van der Waals surface area (Å²) in [5.74, 6) is 1.09. The van der Waals surface area contributed by atoms with Gasteiger partial charge in [-0.3, -0.25) is 4.79 Å². The zero-order chi connectivity index (χ0) is 30.0. The van der Waals surface area contributed by atoms with Crippen molar-refractivity contribution in [3.8, 4) is 5.75 Å². The van der Waals surface area contributed by atoms with Crippen LogP contribution in [-0.4, -0.2) is 12.1 Å². The van der Waals surface area contributed by atoms with Gasteiger partial charge in [0, 0.05) is 37.4 Å². The van der Waals surface area contributed by atoms with Crippen LogP contribution in [0.5, 0.6) is 5.75 Å². The molecule has 1 aromatic heterocycles. The van der Waals surface area contributed by atoms with Crippen molar-refractivity contribution in [3.05, 3.63) is 107 Å². The van der Waals surface area contributed by atoms with Gasteiger partial charge in [0.25, 0.3) is 5.91 Å². The third-order valence-corrected chi connectivity index (χ3v) is 10.1. The van der Waals surface area contributed by atoms with Gasteiger partial charge in [-0.1, -0.05) is 61.6 Å². The molecule has 5 rings (SSSR count). The fourth-order valence-electron chi connectivity index (χ4n) is 5.00. The summed E-state index contributed by atoms with van der Waals surface area (Å²) < 4.78 is 6.78. The van der Waals surface area contributed by atoms with Gasteiger partial charge < -0.3 is 10.1 Å². The first-order chi connectivity index (χ1) is 20.0. The molecule has 0 radical (unpaired) electrons. The highest BCUT2D eigenvalue weighted by atomic mass is 79.9. The molecule has 1 amide bonds. The average molecular weight is 705 g/mol. The Kier molecular flexibility index (Phi) is 9.70. The van der Waals surface area contributed by atoms with Gasteiger partial charge in [0.05, 0.1) is 10.0 Å². The molecule has 1 N–H and O–H groups in total. The van der Waals surface area contributed by atoms with Crippen molar-refractivity contribution in [2.45, 2.75) is 46.6 Å². The van der Waals surface area contributed by atoms with Crippen LogP contribution in [0.15, 0.2) is 70.1 Å². The van der Waals surface area contributed by atoms with Crippen molar-refractivity contribution >= 4 is 84.9 Å². The number of rotatable bonds is 7. The maximum Gasteiger partial charge on any atom is 0.259 e. The average Bonchev–Trinajstić information content (AvgIpc) is 3.31. The summed E-state index contributed by atoms with van der Waals surface area (Å²) >= 11 is 23.6. The third kappa shape index (κ3) is 7.40. The molecule has 0 saturated carbocycles. The molecule has 1 aliphatic rings. The highest BCUT2D eigenvalue weighted by Gasteiger charge is 2.33. The Hall–Kier alpha value is -2.35. The molecule has 0 aliphatic heterocycles. The zero-order valence-electron chi connectivity index (χ0n) is 23.4. The van der Waals surface area contributed by atoms with Crippen molar-refractivity contribution in [2.75, 3.05) is 5.32 Å². The van der Waals surface area contributed by atoms with Crippen LogP contribution in [0.25, 0.3) is 0 Å². The number of halogens is 4. The smallest absolute Gasteiger partial charge is 0.259 e. The van der Waals surface area contributed by atoms with Crippen LogP contribution in [0.2, 0.25) is 15.1 Å². The highest BCUT2D eigenvalue weighted by Crippen LogP contribution is 2.45. The van der Waals surface area contributed by atoms with Gasteiger partial charge in [0.15, 0.2) is 0 Å². The lowest BCUT2D eigenvalue weighted by Crippen LogP contribution is -2.27. The molecule has 1 atom stereocenters. The van der Waals surface area contributed by atoms with Gasteiger partial charge in [-0.15, -0.1) is 11.3 Å². The number of benzene rings is 3. The summed E-state index contributed by atoms with van der Waals surface area (Å²) in [5, 5.41) is 5.53. The van der Waals surface area contributed by atoms with E-state index in [0.717, 1.165) is 45.4 Å². The monoisotopic (exact) mass is 702 g/mol. The van der Waals surface area contributed by atoms with Crippen molar-refractivity contribution in [3.63, 3.8) is 0 Å². The van der Waals surface area contributed by atoms with E-state index in [0.29, 0.717) is 44.6 Å². The molecule has 3 aromatic carbocycles. The van der Waals surface area contributed by atoms with E-state index in [2.05, 4.69) is 42.0 Å². The van der Waals surface area contributed by atoms with E-state index >= 15 is 0 Å². The summed E-state index contributed by atoms with van der Waals surface area (Å²) in [6.07, 6.45) is 4.66. The van der Waals surface area contributed by atoms with Crippen molar-refractivity contribution in [1.82, 2.24) is 0 Å². The zero-order valence-corrected chi connectivity index (χ0v) is 28.1. The van der Waals surface area contributed by atoms with Gasteiger partial charge in [-0.05, 0) is 112 Å². The molecule has 1 heterocycles. The molecular weight excluding hydrogens is 675 g/mol. The molecule has 0 saturated heterocycles. The van der Waals surface area contributed by atoms with E-state index in [1.807, 2.05) is 24.3 Å². The minimum Gasteiger partial charge on any atom is -0.488 e. The van der Waals surface area contributed by atoms with Crippen LogP contribution in [0.3, 0.4) is 0 Å². The number of ether oxygens (including phenoxy) is 1. The maximum atomic E-state index is 13.6. The second kappa shape index (κ2) is 13.1. The Labute approximate surface area is 274 Å². The molecule has 4 aromatic rings. The second-order valence-corrected chi connectivity index (χ2v) is 14.6. The molecule has 42 heavy (non-hydrogen) atoms. The molecular formula is C33H30BrCl3N2O2S. The third-order valence-electron chi connectivity index (χ3n) is 7.49. The Morgan fingerprint density at radius 1 is 1.07 bits per heavy atom. The molecule has 0 unspecified atom stereocenters. The fraction of sp³-hybridized carbons (Fsp3) is 0.273. The fourth-order valence-corrected chi connectivity index (χ4v) is 7.37. The van der Waals surface area contributed by atoms with Gasteiger partial charge in [-0.25, -0.2) is 4.99 Å². The van der Waals surface area contributed by atoms with Gasteiger partial charge in [0.1, 0.15) is 17.4 Å². The van der Waals surface area contributed by atoms with E-state index < -0.39 is 0 Å². The minimum atomic E-state index is -0.151. The number of aliphatic imine (C=N–C) groups is 1. The Morgan fingerprint density at radius 3 is 2.50 bits per heavy atom. The number of hydrogen-bond donors (Lipinski definition) is 1. The standard InChI is InChI=1S/C33H30BrCl3N2O2S/c1-33(2,3)21-6-12-25-29(15-21)42-32(30(25)31(40)39-24-10-8-22(35)9-11-24)38-17-19-4-13-28(26(34)14-19)41-18-20-5-7-23(36)16-27(20)37/h4-5,7-11,13-14,16-17,21H,6,12,15,18H2,1-3H3,(H,39,40)/t21-/m1/s1. The van der Waals surface area contributed by atoms with Crippen LogP contribution >= 0.6 is 62.1 Å². The maximum absolute atomic E-state index is 13.6. The summed E-state index contributed by atoms with van der Waals surface area (Å²) in [6.45, 7) is 7.18. The summed E-state index contributed by atoms with van der Waals surface area (Å²) in [4.78, 5) is 19.7. The quantitative estimate of drug-likeness (QED) is 0.195. The van der Waals surface area contributed by atoms with E-state index in [9.17, 15) is 4.79 Å². The Balaban J connectivity index is 1.39. The van der Waals surface area contributed by atoms with Crippen LogP contribution < -0.4 is 10.1 Å². The molecule has 0 fully saturated rings. The first-order valence-corrected chi connectivity index (χ1v) is 16.3. The topological polar surface area (TPSA) is 50.7 Å². The largest absolute Gasteiger partial charge is 0.488 e. The van der Waals surface area contributed by atoms with Crippen molar-refractivity contribution in [2.24, 2.45) is 16.3 Å². The minimum absolute atomic E-state index is 0.151. The predicted molar refractivity (Wildman–Crippen MR) is 181 cm³/mol. The molecule has 4 nitrogen and oxygen atoms in total. The summed E-state index contributed by atoms with van der Waals surface area (Å²) in [5.41, 5.74) is 4.39. The summed E-state index contributed by atoms with van der Waals surface area (Å²) in [6, 6.07) is 18.2. The molecule has 0 bridgehead atoms. The number of thiophene rings is 1. The Bertz CT molecular complexity index is 1640. The number of nitrogens with zero attached hydrogens (tertiary/aromatic N) is 1. The lowest BCUT2D eigenvalue weighted by Gasteiger charge is -2.33. The first-order valence-electron chi connectivity index (χ1n) is 13.6. The van der Waals surface area contributed by atoms with Crippen LogP contribution in [0.1, 0.15) is 59.1 Å². The van der Waals surface area contributed by atoms with Crippen LogP contribution in [0.4, 0.5) is 10.7 Å². The molecule has 1 aliphatic carbocycles. The summed E-state index contributed by atoms with van der Waals surface area (Å²) in [7, 11) is 0. The number of anilines is 1. The number of amides is 1. The van der Waals surface area contributed by atoms with Crippen LogP contribution in [-0.2, 0) is 19.4 Å². The first kappa shape index (κ1) is 31.1. The lowest BCUT2D eigenvalue weighted by atomic mass is 9.72. The van der Waals surface area contributed by atoms with Crippen LogP contribution in [0, 0.1) is 11.3 Å².